The summed E-state index contributed by atoms with van der Waals surface area (Å²) in [6.45, 7) is 2.37. The van der Waals surface area contributed by atoms with Gasteiger partial charge < -0.3 is 9.84 Å². The number of ether oxygens (including phenoxy) is 1. The molecule has 0 saturated heterocycles. The van der Waals surface area contributed by atoms with Crippen molar-refractivity contribution in [2.24, 2.45) is 0 Å². The minimum atomic E-state index is -6.25. The average molecular weight is 513 g/mol. The number of benzene rings is 1. The number of rotatable bonds is 4. The molecule has 2 heterocycles. The highest BCUT2D eigenvalue weighted by Gasteiger charge is 2.73. The molecule has 0 aliphatic heterocycles. The lowest BCUT2D eigenvalue weighted by atomic mass is 9.90. The smallest absolute Gasteiger partial charge is 0.449 e. The number of alkyl halides is 7. The van der Waals surface area contributed by atoms with Gasteiger partial charge in [-0.05, 0) is 31.0 Å². The molecule has 0 fully saturated rings. The maximum absolute atomic E-state index is 14.5. The summed E-state index contributed by atoms with van der Waals surface area (Å²) in [5.41, 5.74) is -7.15. The second-order valence-electron chi connectivity index (χ2n) is 7.04. The van der Waals surface area contributed by atoms with Gasteiger partial charge in [-0.1, -0.05) is 28.9 Å². The van der Waals surface area contributed by atoms with Crippen LogP contribution in [0.4, 0.5) is 35.5 Å². The summed E-state index contributed by atoms with van der Waals surface area (Å²) in [5.74, 6) is -0.309. The van der Waals surface area contributed by atoms with E-state index in [2.05, 4.69) is 20.0 Å². The highest BCUT2D eigenvalue weighted by molar-refractivity contribution is 6.31. The van der Waals surface area contributed by atoms with E-state index in [9.17, 15) is 35.5 Å². The lowest BCUT2D eigenvalue weighted by Crippen LogP contribution is -2.50. The Bertz CT molecular complexity index is 1220. The molecule has 15 heteroatoms. The molecule has 0 bridgehead atoms. The average Bonchev–Trinajstić information content (AvgIpc) is 3.16. The van der Waals surface area contributed by atoms with Gasteiger partial charge in [0.15, 0.2) is 10.9 Å². The minimum absolute atomic E-state index is 0.0538. The Morgan fingerprint density at radius 2 is 1.59 bits per heavy atom. The van der Waals surface area contributed by atoms with E-state index >= 15 is 0 Å². The van der Waals surface area contributed by atoms with E-state index in [4.69, 9.17) is 16.7 Å². The zero-order valence-corrected chi connectivity index (χ0v) is 17.7. The first-order chi connectivity index (χ1) is 15.6. The van der Waals surface area contributed by atoms with Gasteiger partial charge in [-0.2, -0.15) is 26.3 Å². The molecular weight excluding hydrogens is 501 g/mol. The van der Waals surface area contributed by atoms with Crippen molar-refractivity contribution < 1.29 is 45.4 Å². The molecule has 182 valence electrons. The van der Waals surface area contributed by atoms with Crippen LogP contribution in [0.5, 0.6) is 5.75 Å². The van der Waals surface area contributed by atoms with E-state index in [1.807, 2.05) is 0 Å². The van der Waals surface area contributed by atoms with Crippen molar-refractivity contribution in [1.82, 2.24) is 20.0 Å². The minimum Gasteiger partial charge on any atom is -0.449 e. The van der Waals surface area contributed by atoms with Crippen LogP contribution in [0.2, 0.25) is 5.15 Å². The van der Waals surface area contributed by atoms with Gasteiger partial charge in [-0.3, -0.25) is 0 Å². The van der Waals surface area contributed by atoms with Crippen LogP contribution in [0.15, 0.2) is 30.6 Å². The van der Waals surface area contributed by atoms with E-state index in [0.29, 0.717) is 12.1 Å². The predicted octanol–water partition coefficient (Wildman–Crippen LogP) is 5.95. The molecule has 0 radical (unpaired) electrons. The third-order valence-electron chi connectivity index (χ3n) is 4.69. The SMILES string of the molecule is Cc1cc(C(F)(C(F)(F)F)C(F)(F)F)cc(C)c1-n1cc(-c2cnc(Cl)c(OC(=O)O)c2)nn1. The Morgan fingerprint density at radius 3 is 2.09 bits per heavy atom. The van der Waals surface area contributed by atoms with E-state index in [0.717, 1.165) is 4.68 Å². The number of halogens is 8. The summed E-state index contributed by atoms with van der Waals surface area (Å²) in [6, 6.07) is 2.06. The highest BCUT2D eigenvalue weighted by atomic mass is 35.5. The first-order valence-electron chi connectivity index (χ1n) is 8.99. The van der Waals surface area contributed by atoms with Crippen molar-refractivity contribution >= 4 is 17.8 Å². The molecule has 3 aromatic rings. The molecule has 3 rings (SSSR count). The first kappa shape index (κ1) is 25.2. The maximum atomic E-state index is 14.5. The summed E-state index contributed by atoms with van der Waals surface area (Å²) in [7, 11) is 0. The third kappa shape index (κ3) is 4.36. The van der Waals surface area contributed by atoms with E-state index in [1.165, 1.54) is 32.3 Å². The molecule has 0 atom stereocenters. The van der Waals surface area contributed by atoms with Crippen LogP contribution >= 0.6 is 11.6 Å². The highest BCUT2D eigenvalue weighted by Crippen LogP contribution is 2.53. The monoisotopic (exact) mass is 512 g/mol. The Balaban J connectivity index is 2.07. The molecule has 0 unspecified atom stereocenters. The summed E-state index contributed by atoms with van der Waals surface area (Å²) in [5, 5.41) is 16.1. The maximum Gasteiger partial charge on any atom is 0.511 e. The topological polar surface area (TPSA) is 90.1 Å². The quantitative estimate of drug-likeness (QED) is 0.264. The second-order valence-corrected chi connectivity index (χ2v) is 7.40. The number of pyridine rings is 1. The van der Waals surface area contributed by atoms with Crippen LogP contribution in [0.3, 0.4) is 0 Å². The molecule has 1 N–H and O–H groups in total. The molecular formula is C19H12ClF7N4O3. The Morgan fingerprint density at radius 1 is 1.03 bits per heavy atom. The second kappa shape index (κ2) is 8.42. The summed E-state index contributed by atoms with van der Waals surface area (Å²) in [4.78, 5) is 14.5. The molecule has 34 heavy (non-hydrogen) atoms. The van der Waals surface area contributed by atoms with Crippen molar-refractivity contribution in [2.75, 3.05) is 0 Å². The van der Waals surface area contributed by atoms with Crippen molar-refractivity contribution in [3.63, 3.8) is 0 Å². The summed E-state index contributed by atoms with van der Waals surface area (Å²) in [6.07, 6.45) is -11.7. The Kier molecular flexibility index (Phi) is 6.24. The number of carboxylic acid groups (broad SMARTS) is 1. The lowest BCUT2D eigenvalue weighted by molar-refractivity contribution is -0.348. The van der Waals surface area contributed by atoms with Crippen LogP contribution in [0.25, 0.3) is 16.9 Å². The molecule has 0 aliphatic carbocycles. The number of aryl methyl sites for hydroxylation is 2. The molecule has 2 aromatic heterocycles. The molecule has 0 spiro atoms. The van der Waals surface area contributed by atoms with Gasteiger partial charge >= 0.3 is 24.2 Å². The van der Waals surface area contributed by atoms with Gasteiger partial charge in [-0.15, -0.1) is 5.10 Å². The molecule has 7 nitrogen and oxygen atoms in total. The molecule has 0 saturated carbocycles. The molecule has 1 aromatic carbocycles. The predicted molar refractivity (Wildman–Crippen MR) is 103 cm³/mol. The fourth-order valence-corrected chi connectivity index (χ4v) is 3.39. The Hall–Kier alpha value is -3.42. The van der Waals surface area contributed by atoms with Crippen molar-refractivity contribution in [3.05, 3.63) is 52.4 Å². The van der Waals surface area contributed by atoms with Gasteiger partial charge in [0.1, 0.15) is 5.69 Å². The molecule has 0 amide bonds. The molecule has 0 aliphatic rings. The fraction of sp³-hybridized carbons (Fsp3) is 0.263. The summed E-state index contributed by atoms with van der Waals surface area (Å²) < 4.78 is 98.7. The normalized spacial score (nSPS) is 12.6. The standard InChI is InChI=1S/C19H12ClF7N4O3/c1-8-3-11(17(21,18(22,23)24)19(25,26)27)4-9(2)14(8)31-7-12(29-30-31)10-5-13(34-16(32)33)15(20)28-6-10/h3-7H,1-2H3,(H,32,33). The number of nitrogens with zero attached hydrogens (tertiary/aromatic N) is 4. The number of hydrogen-bond acceptors (Lipinski definition) is 5. The van der Waals surface area contributed by atoms with Crippen molar-refractivity contribution in [1.29, 1.82) is 0 Å². The van der Waals surface area contributed by atoms with Crippen LogP contribution in [-0.2, 0) is 5.67 Å². The fourth-order valence-electron chi connectivity index (χ4n) is 3.24. The first-order valence-corrected chi connectivity index (χ1v) is 9.37. The Labute approximate surface area is 190 Å². The summed E-state index contributed by atoms with van der Waals surface area (Å²) >= 11 is 5.75. The lowest BCUT2D eigenvalue weighted by Gasteiger charge is -2.31. The number of carbonyl (C=O) groups is 1. The van der Waals surface area contributed by atoms with Crippen LogP contribution in [-0.4, -0.2) is 43.6 Å². The van der Waals surface area contributed by atoms with Crippen LogP contribution in [0.1, 0.15) is 16.7 Å². The third-order valence-corrected chi connectivity index (χ3v) is 4.98. The van der Waals surface area contributed by atoms with Crippen LogP contribution in [0, 0.1) is 13.8 Å². The number of hydrogen-bond donors (Lipinski definition) is 1. The van der Waals surface area contributed by atoms with Crippen LogP contribution < -0.4 is 4.74 Å². The van der Waals surface area contributed by atoms with Crippen molar-refractivity contribution in [2.45, 2.75) is 31.9 Å². The largest absolute Gasteiger partial charge is 0.511 e. The zero-order chi connectivity index (χ0) is 25.6. The van der Waals surface area contributed by atoms with Crippen molar-refractivity contribution in [3.8, 4) is 22.7 Å². The van der Waals surface area contributed by atoms with Gasteiger partial charge in [0.05, 0.1) is 11.9 Å². The number of aromatic nitrogens is 4. The van der Waals surface area contributed by atoms with Gasteiger partial charge in [0, 0.05) is 17.3 Å². The zero-order valence-electron chi connectivity index (χ0n) is 17.0. The van der Waals surface area contributed by atoms with Gasteiger partial charge in [0.2, 0.25) is 0 Å². The van der Waals surface area contributed by atoms with E-state index in [-0.39, 0.29) is 39.0 Å². The van der Waals surface area contributed by atoms with E-state index < -0.39 is 29.7 Å². The van der Waals surface area contributed by atoms with Gasteiger partial charge in [-0.25, -0.2) is 18.9 Å². The van der Waals surface area contributed by atoms with E-state index in [1.54, 1.807) is 0 Å². The van der Waals surface area contributed by atoms with Gasteiger partial charge in [0.25, 0.3) is 0 Å².